The predicted molar refractivity (Wildman–Crippen MR) is 160 cm³/mol. The number of carbonyl (C=O) groups excluding carboxylic acids is 1. The van der Waals surface area contributed by atoms with Crippen LogP contribution in [-0.2, 0) is 22.5 Å². The fraction of sp³-hybridized carbons (Fsp3) is 0.500. The number of ether oxygens (including phenoxy) is 2. The van der Waals surface area contributed by atoms with Gasteiger partial charge in [0.2, 0.25) is 5.91 Å². The van der Waals surface area contributed by atoms with Gasteiger partial charge in [-0.15, -0.1) is 0 Å². The molecule has 1 amide bonds. The van der Waals surface area contributed by atoms with Crippen molar-refractivity contribution in [2.75, 3.05) is 64.9 Å². The lowest BCUT2D eigenvalue weighted by Gasteiger charge is -2.40. The molecule has 0 aliphatic carbocycles. The zero-order valence-corrected chi connectivity index (χ0v) is 25.0. The van der Waals surface area contributed by atoms with Crippen LogP contribution in [0.15, 0.2) is 36.5 Å². The van der Waals surface area contributed by atoms with Gasteiger partial charge in [-0.25, -0.2) is 18.7 Å². The molecule has 238 valence electrons. The average Bonchev–Trinajstić information content (AvgIpc) is 3.05. The number of anilines is 1. The summed E-state index contributed by atoms with van der Waals surface area (Å²) in [7, 11) is 1.65. The first kappa shape index (κ1) is 32.0. The second-order valence-corrected chi connectivity index (χ2v) is 11.6. The number of fused-ring (bicyclic) bond motifs is 1. The molecule has 0 bridgehead atoms. The maximum absolute atomic E-state index is 13.5. The topological polar surface area (TPSA) is 99.2 Å². The molecule has 0 atom stereocenters. The molecule has 1 aromatic heterocycles. The summed E-state index contributed by atoms with van der Waals surface area (Å²) >= 11 is 0. The lowest BCUT2D eigenvalue weighted by Crippen LogP contribution is -2.49. The Morgan fingerprint density at radius 3 is 2.48 bits per heavy atom. The van der Waals surface area contributed by atoms with Crippen molar-refractivity contribution in [2.45, 2.75) is 38.6 Å². The lowest BCUT2D eigenvalue weighted by atomic mass is 9.73. The van der Waals surface area contributed by atoms with Gasteiger partial charge in [0.1, 0.15) is 5.75 Å². The second-order valence-electron chi connectivity index (χ2n) is 11.6. The number of rotatable bonds is 12. The third-order valence-corrected chi connectivity index (χ3v) is 8.99. The number of piperidine rings is 1. The van der Waals surface area contributed by atoms with Gasteiger partial charge in [0.15, 0.2) is 17.5 Å². The number of aromatic nitrogens is 1. The Morgan fingerprint density at radius 1 is 1.07 bits per heavy atom. The van der Waals surface area contributed by atoms with Crippen molar-refractivity contribution in [3.8, 4) is 5.75 Å². The van der Waals surface area contributed by atoms with Gasteiger partial charge in [-0.2, -0.15) is 0 Å². The SMILES string of the molecule is COc1ccc2ncc(CN3CCOCC3)c(CCCC3(C(=O)NO)CCN(CCNc4cc(F)c(F)c(F)c4)CC3)c2c1. The number of amides is 1. The third kappa shape index (κ3) is 7.43. The molecular weight excluding hydrogens is 575 g/mol. The van der Waals surface area contributed by atoms with Gasteiger partial charge in [-0.05, 0) is 74.5 Å². The molecule has 2 aliphatic heterocycles. The van der Waals surface area contributed by atoms with Gasteiger partial charge in [-0.1, -0.05) is 0 Å². The van der Waals surface area contributed by atoms with Gasteiger partial charge >= 0.3 is 0 Å². The van der Waals surface area contributed by atoms with Crippen LogP contribution in [0.25, 0.3) is 10.9 Å². The average molecular weight is 616 g/mol. The minimum absolute atomic E-state index is 0.168. The number of methoxy groups -OCH3 is 1. The maximum atomic E-state index is 13.5. The van der Waals surface area contributed by atoms with Gasteiger partial charge < -0.3 is 19.7 Å². The van der Waals surface area contributed by atoms with E-state index in [0.29, 0.717) is 58.7 Å². The molecule has 12 heteroatoms. The number of hydroxylamine groups is 1. The van der Waals surface area contributed by atoms with Gasteiger partial charge in [0.25, 0.3) is 0 Å². The van der Waals surface area contributed by atoms with Crippen LogP contribution in [0.4, 0.5) is 18.9 Å². The van der Waals surface area contributed by atoms with Crippen molar-refractivity contribution < 1.29 is 32.6 Å². The molecule has 0 unspecified atom stereocenters. The number of halogens is 3. The summed E-state index contributed by atoms with van der Waals surface area (Å²) in [4.78, 5) is 22.3. The standard InChI is InChI=1S/C32H40F3N5O4/c1-43-24-4-5-29-26(19-24)25(22(20-37-29)21-40-13-15-44-16-14-40)3-2-6-32(31(41)38-42)7-10-39(11-8-32)12-9-36-23-17-27(33)30(35)28(34)18-23/h4-5,17-20,36,42H,2-3,6-16,21H2,1H3,(H,38,41). The molecule has 0 saturated carbocycles. The lowest BCUT2D eigenvalue weighted by molar-refractivity contribution is -0.143. The molecule has 2 aromatic carbocycles. The summed E-state index contributed by atoms with van der Waals surface area (Å²) in [5, 5.41) is 13.6. The number of carbonyl (C=O) groups is 1. The van der Waals surface area contributed by atoms with Crippen LogP contribution in [0.2, 0.25) is 0 Å². The van der Waals surface area contributed by atoms with E-state index in [1.165, 1.54) is 5.56 Å². The third-order valence-electron chi connectivity index (χ3n) is 8.99. The Balaban J connectivity index is 1.23. The van der Waals surface area contributed by atoms with E-state index < -0.39 is 22.9 Å². The van der Waals surface area contributed by atoms with E-state index >= 15 is 0 Å². The largest absolute Gasteiger partial charge is 0.497 e. The minimum Gasteiger partial charge on any atom is -0.497 e. The fourth-order valence-corrected chi connectivity index (χ4v) is 6.36. The maximum Gasteiger partial charge on any atom is 0.249 e. The smallest absolute Gasteiger partial charge is 0.249 e. The van der Waals surface area contributed by atoms with Crippen LogP contribution >= 0.6 is 0 Å². The van der Waals surface area contributed by atoms with E-state index in [9.17, 15) is 23.2 Å². The van der Waals surface area contributed by atoms with Crippen LogP contribution in [-0.4, -0.2) is 85.5 Å². The first-order valence-corrected chi connectivity index (χ1v) is 15.1. The highest BCUT2D eigenvalue weighted by molar-refractivity contribution is 5.85. The summed E-state index contributed by atoms with van der Waals surface area (Å²) in [6.07, 6.45) is 5.16. The zero-order valence-electron chi connectivity index (χ0n) is 25.0. The normalized spacial score (nSPS) is 17.5. The molecule has 0 spiro atoms. The van der Waals surface area contributed by atoms with Crippen LogP contribution in [0.1, 0.15) is 36.8 Å². The molecule has 2 aliphatic rings. The molecule has 3 heterocycles. The Morgan fingerprint density at radius 2 is 1.80 bits per heavy atom. The highest BCUT2D eigenvalue weighted by atomic mass is 19.2. The van der Waals surface area contributed by atoms with Crippen molar-refractivity contribution in [3.63, 3.8) is 0 Å². The van der Waals surface area contributed by atoms with Crippen LogP contribution in [0.5, 0.6) is 5.75 Å². The number of nitrogens with one attached hydrogen (secondary N) is 2. The Bertz CT molecular complexity index is 1420. The van der Waals surface area contributed by atoms with Crippen LogP contribution in [0.3, 0.4) is 0 Å². The van der Waals surface area contributed by atoms with E-state index in [-0.39, 0.29) is 11.6 Å². The zero-order chi connectivity index (χ0) is 31.1. The first-order chi connectivity index (χ1) is 21.3. The van der Waals surface area contributed by atoms with Gasteiger partial charge in [0.05, 0.1) is 31.3 Å². The molecule has 2 saturated heterocycles. The monoisotopic (exact) mass is 615 g/mol. The fourth-order valence-electron chi connectivity index (χ4n) is 6.36. The molecule has 9 nitrogen and oxygen atoms in total. The van der Waals surface area contributed by atoms with E-state index in [2.05, 4.69) is 15.1 Å². The number of morpholine rings is 1. The summed E-state index contributed by atoms with van der Waals surface area (Å²) < 4.78 is 51.3. The molecule has 5 rings (SSSR count). The number of likely N-dealkylation sites (tertiary alicyclic amines) is 1. The van der Waals surface area contributed by atoms with E-state index in [0.717, 1.165) is 66.8 Å². The van der Waals surface area contributed by atoms with Gasteiger partial charge in [-0.3, -0.25) is 19.9 Å². The van der Waals surface area contributed by atoms with Crippen molar-refractivity contribution in [1.82, 2.24) is 20.3 Å². The molecule has 44 heavy (non-hydrogen) atoms. The molecule has 3 aromatic rings. The highest BCUT2D eigenvalue weighted by Gasteiger charge is 2.40. The Kier molecular flexibility index (Phi) is 10.6. The summed E-state index contributed by atoms with van der Waals surface area (Å²) in [6.45, 7) is 6.12. The number of pyridine rings is 1. The minimum atomic E-state index is -1.49. The number of aryl methyl sites for hydroxylation is 1. The molecule has 3 N–H and O–H groups in total. The van der Waals surface area contributed by atoms with Crippen molar-refractivity contribution in [2.24, 2.45) is 5.41 Å². The molecular formula is C32H40F3N5O4. The van der Waals surface area contributed by atoms with Crippen LogP contribution in [0, 0.1) is 22.9 Å². The van der Waals surface area contributed by atoms with Crippen LogP contribution < -0.4 is 15.5 Å². The molecule has 0 radical (unpaired) electrons. The second kappa shape index (κ2) is 14.6. The van der Waals surface area contributed by atoms with E-state index in [1.807, 2.05) is 29.9 Å². The van der Waals surface area contributed by atoms with Crippen molar-refractivity contribution in [3.05, 3.63) is 65.1 Å². The predicted octanol–water partition coefficient (Wildman–Crippen LogP) is 4.52. The van der Waals surface area contributed by atoms with E-state index in [1.54, 1.807) is 7.11 Å². The molecule has 2 fully saturated rings. The Hall–Kier alpha value is -3.45. The van der Waals surface area contributed by atoms with Crippen molar-refractivity contribution >= 4 is 22.5 Å². The number of hydrogen-bond donors (Lipinski definition) is 3. The van der Waals surface area contributed by atoms with Crippen molar-refractivity contribution in [1.29, 1.82) is 0 Å². The first-order valence-electron chi connectivity index (χ1n) is 15.1. The number of hydrogen-bond acceptors (Lipinski definition) is 8. The summed E-state index contributed by atoms with van der Waals surface area (Å²) in [5.74, 6) is -3.58. The Labute approximate surface area is 255 Å². The highest BCUT2D eigenvalue weighted by Crippen LogP contribution is 2.38. The number of nitrogens with zero attached hydrogens (tertiary/aromatic N) is 3. The quantitative estimate of drug-likeness (QED) is 0.156. The summed E-state index contributed by atoms with van der Waals surface area (Å²) in [5.41, 5.74) is 4.60. The number of benzene rings is 2. The van der Waals surface area contributed by atoms with Gasteiger partial charge in [0, 0.05) is 62.1 Å². The summed E-state index contributed by atoms with van der Waals surface area (Å²) in [6, 6.07) is 7.75. The van der Waals surface area contributed by atoms with E-state index in [4.69, 9.17) is 14.5 Å².